The molecule has 4 nitrogen and oxygen atoms in total. The van der Waals surface area contributed by atoms with Crippen molar-refractivity contribution in [2.45, 2.75) is 25.4 Å². The highest BCUT2D eigenvalue weighted by molar-refractivity contribution is 6.05. The summed E-state index contributed by atoms with van der Waals surface area (Å²) in [6.07, 6.45) is 1.72. The number of aliphatic carboxylic acids is 1. The summed E-state index contributed by atoms with van der Waals surface area (Å²) in [5.74, 6) is -1.29. The second-order valence-corrected chi connectivity index (χ2v) is 6.08. The number of aryl methyl sites for hydroxylation is 1. The van der Waals surface area contributed by atoms with Crippen LogP contribution in [0.25, 0.3) is 0 Å². The minimum Gasteiger partial charge on any atom is -0.479 e. The van der Waals surface area contributed by atoms with Crippen LogP contribution in [0.1, 0.15) is 33.5 Å². The average molecular weight is 321 g/mol. The molecule has 0 bridgehead atoms. The summed E-state index contributed by atoms with van der Waals surface area (Å²) in [4.78, 5) is 26.6. The van der Waals surface area contributed by atoms with Gasteiger partial charge in [0.1, 0.15) is 0 Å². The van der Waals surface area contributed by atoms with E-state index in [0.29, 0.717) is 11.1 Å². The number of carbonyl (C=O) groups is 2. The summed E-state index contributed by atoms with van der Waals surface area (Å²) in [7, 11) is 0. The van der Waals surface area contributed by atoms with Crippen LogP contribution < -0.4 is 0 Å². The standard InChI is InChI=1S/C20H19NO3/c1-3-12-20(19(23)24)17-7-5-4-6-16(17)18(22)21(20)13-15-10-8-14(2)9-11-15/h3-11H,1,12-13H2,2H3,(H,23,24). The van der Waals surface area contributed by atoms with Gasteiger partial charge in [-0.3, -0.25) is 4.79 Å². The summed E-state index contributed by atoms with van der Waals surface area (Å²) in [6.45, 7) is 5.93. The highest BCUT2D eigenvalue weighted by Crippen LogP contribution is 2.43. The summed E-state index contributed by atoms with van der Waals surface area (Å²) in [5.41, 5.74) is 1.60. The smallest absolute Gasteiger partial charge is 0.334 e. The van der Waals surface area contributed by atoms with E-state index in [2.05, 4.69) is 6.58 Å². The number of carbonyl (C=O) groups excluding carboxylic acids is 1. The predicted molar refractivity (Wildman–Crippen MR) is 91.6 cm³/mol. The van der Waals surface area contributed by atoms with Crippen molar-refractivity contribution in [3.05, 3.63) is 83.4 Å². The fourth-order valence-corrected chi connectivity index (χ4v) is 3.32. The lowest BCUT2D eigenvalue weighted by atomic mass is 9.86. The molecule has 0 aromatic heterocycles. The first-order valence-corrected chi connectivity index (χ1v) is 7.82. The van der Waals surface area contributed by atoms with Gasteiger partial charge in [-0.2, -0.15) is 0 Å². The van der Waals surface area contributed by atoms with Gasteiger partial charge in [0.2, 0.25) is 0 Å². The van der Waals surface area contributed by atoms with Crippen molar-refractivity contribution in [3.8, 4) is 0 Å². The maximum Gasteiger partial charge on any atom is 0.334 e. The molecule has 1 heterocycles. The van der Waals surface area contributed by atoms with E-state index in [4.69, 9.17) is 0 Å². The van der Waals surface area contributed by atoms with Crippen LogP contribution >= 0.6 is 0 Å². The number of hydrogen-bond acceptors (Lipinski definition) is 2. The van der Waals surface area contributed by atoms with E-state index < -0.39 is 11.5 Å². The Hall–Kier alpha value is -2.88. The third-order valence-corrected chi connectivity index (χ3v) is 4.56. The average Bonchev–Trinajstić information content (AvgIpc) is 2.81. The SMILES string of the molecule is C=CCC1(C(=O)O)c2ccccc2C(=O)N1Cc1ccc(C)cc1. The number of amides is 1. The zero-order valence-electron chi connectivity index (χ0n) is 13.5. The summed E-state index contributed by atoms with van der Waals surface area (Å²) < 4.78 is 0. The molecule has 2 aromatic carbocycles. The number of rotatable bonds is 5. The summed E-state index contributed by atoms with van der Waals surface area (Å²) in [6, 6.07) is 14.7. The number of nitrogens with zero attached hydrogens (tertiary/aromatic N) is 1. The van der Waals surface area contributed by atoms with Gasteiger partial charge in [-0.15, -0.1) is 6.58 Å². The van der Waals surface area contributed by atoms with Crippen molar-refractivity contribution in [2.75, 3.05) is 0 Å². The van der Waals surface area contributed by atoms with Crippen LogP contribution in [0.4, 0.5) is 0 Å². The third kappa shape index (κ3) is 2.31. The molecule has 0 saturated heterocycles. The lowest BCUT2D eigenvalue weighted by molar-refractivity contribution is -0.150. The largest absolute Gasteiger partial charge is 0.479 e. The maximum absolute atomic E-state index is 12.9. The van der Waals surface area contributed by atoms with Gasteiger partial charge in [-0.1, -0.05) is 54.1 Å². The van der Waals surface area contributed by atoms with Crippen LogP contribution in [0.15, 0.2) is 61.2 Å². The van der Waals surface area contributed by atoms with Crippen molar-refractivity contribution in [1.82, 2.24) is 4.90 Å². The quantitative estimate of drug-likeness (QED) is 0.857. The van der Waals surface area contributed by atoms with Crippen molar-refractivity contribution in [2.24, 2.45) is 0 Å². The molecule has 1 aliphatic rings. The summed E-state index contributed by atoms with van der Waals surface area (Å²) >= 11 is 0. The number of benzene rings is 2. The van der Waals surface area contributed by atoms with Gasteiger partial charge in [-0.25, -0.2) is 4.79 Å². The molecule has 2 aromatic rings. The Bertz CT molecular complexity index is 810. The molecule has 3 rings (SSSR count). The van der Waals surface area contributed by atoms with E-state index in [1.54, 1.807) is 30.3 Å². The molecule has 122 valence electrons. The molecule has 24 heavy (non-hydrogen) atoms. The predicted octanol–water partition coefficient (Wildman–Crippen LogP) is 3.51. The van der Waals surface area contributed by atoms with Crippen LogP contribution in [0.2, 0.25) is 0 Å². The van der Waals surface area contributed by atoms with E-state index in [1.165, 1.54) is 4.90 Å². The van der Waals surface area contributed by atoms with Gasteiger partial charge in [0, 0.05) is 24.1 Å². The highest BCUT2D eigenvalue weighted by Gasteiger charge is 2.54. The van der Waals surface area contributed by atoms with Crippen molar-refractivity contribution >= 4 is 11.9 Å². The van der Waals surface area contributed by atoms with Crippen LogP contribution in [-0.4, -0.2) is 21.9 Å². The Labute approximate surface area is 141 Å². The topological polar surface area (TPSA) is 57.6 Å². The molecule has 0 radical (unpaired) electrons. The van der Waals surface area contributed by atoms with Crippen LogP contribution in [0, 0.1) is 6.92 Å². The van der Waals surface area contributed by atoms with E-state index in [-0.39, 0.29) is 18.9 Å². The first-order chi connectivity index (χ1) is 11.5. The molecule has 0 fully saturated rings. The normalized spacial score (nSPS) is 19.2. The van der Waals surface area contributed by atoms with Gasteiger partial charge in [0.15, 0.2) is 5.54 Å². The Morgan fingerprint density at radius 1 is 1.21 bits per heavy atom. The second kappa shape index (κ2) is 5.96. The molecule has 1 aliphatic heterocycles. The Kier molecular flexibility index (Phi) is 3.97. The monoisotopic (exact) mass is 321 g/mol. The van der Waals surface area contributed by atoms with Crippen LogP contribution in [0.5, 0.6) is 0 Å². The minimum atomic E-state index is -1.40. The molecule has 1 unspecified atom stereocenters. The zero-order chi connectivity index (χ0) is 17.3. The van der Waals surface area contributed by atoms with E-state index in [1.807, 2.05) is 31.2 Å². The Morgan fingerprint density at radius 3 is 2.50 bits per heavy atom. The molecule has 1 amide bonds. The second-order valence-electron chi connectivity index (χ2n) is 6.08. The number of fused-ring (bicyclic) bond motifs is 1. The van der Waals surface area contributed by atoms with Crippen molar-refractivity contribution in [3.63, 3.8) is 0 Å². The zero-order valence-corrected chi connectivity index (χ0v) is 13.5. The van der Waals surface area contributed by atoms with Gasteiger partial charge in [-0.05, 0) is 18.6 Å². The van der Waals surface area contributed by atoms with Gasteiger partial charge < -0.3 is 10.0 Å². The van der Waals surface area contributed by atoms with Crippen molar-refractivity contribution in [1.29, 1.82) is 0 Å². The first kappa shape index (κ1) is 16.0. The fourth-order valence-electron chi connectivity index (χ4n) is 3.32. The lowest BCUT2D eigenvalue weighted by Crippen LogP contribution is -2.49. The highest BCUT2D eigenvalue weighted by atomic mass is 16.4. The first-order valence-electron chi connectivity index (χ1n) is 7.82. The van der Waals surface area contributed by atoms with Gasteiger partial charge in [0.25, 0.3) is 5.91 Å². The molecule has 1 N–H and O–H groups in total. The lowest BCUT2D eigenvalue weighted by Gasteiger charge is -2.35. The van der Waals surface area contributed by atoms with Crippen LogP contribution in [-0.2, 0) is 16.9 Å². The van der Waals surface area contributed by atoms with Crippen LogP contribution in [0.3, 0.4) is 0 Å². The molecule has 0 aliphatic carbocycles. The maximum atomic E-state index is 12.9. The van der Waals surface area contributed by atoms with E-state index >= 15 is 0 Å². The molecule has 0 spiro atoms. The summed E-state index contributed by atoms with van der Waals surface area (Å²) in [5, 5.41) is 10.0. The minimum absolute atomic E-state index is 0.164. The molecule has 4 heteroatoms. The van der Waals surface area contributed by atoms with Gasteiger partial charge >= 0.3 is 5.97 Å². The number of carboxylic acids is 1. The fraction of sp³-hybridized carbons (Fsp3) is 0.200. The Balaban J connectivity index is 2.12. The molecular formula is C20H19NO3. The molecular weight excluding hydrogens is 302 g/mol. The number of carboxylic acid groups (broad SMARTS) is 1. The van der Waals surface area contributed by atoms with Crippen molar-refractivity contribution < 1.29 is 14.7 Å². The Morgan fingerprint density at radius 2 is 1.88 bits per heavy atom. The molecule has 1 atom stereocenters. The van der Waals surface area contributed by atoms with Gasteiger partial charge in [0.05, 0.1) is 0 Å². The number of hydrogen-bond donors (Lipinski definition) is 1. The van der Waals surface area contributed by atoms with E-state index in [9.17, 15) is 14.7 Å². The molecule has 0 saturated carbocycles. The third-order valence-electron chi connectivity index (χ3n) is 4.56. The van der Waals surface area contributed by atoms with E-state index in [0.717, 1.165) is 11.1 Å².